The maximum absolute atomic E-state index is 13.4. The minimum absolute atomic E-state index is 0.0362. The normalized spacial score (nSPS) is 16.2. The van der Waals surface area contributed by atoms with Crippen LogP contribution in [0.4, 0.5) is 23.2 Å². The Hall–Kier alpha value is -2.77. The standard InChI is InChI=1S/C18H17F4N3O/c19-13-5-3-4-12(10-13)17(8-9-17)11-24-16(23)25-14-6-1-2-7-15(14)26-18(20,21)22/h1-7,10H,8-9,11H2,(H3,23,24,25). The van der Waals surface area contributed by atoms with Crippen molar-refractivity contribution in [2.24, 2.45) is 10.7 Å². The highest BCUT2D eigenvalue weighted by Gasteiger charge is 2.44. The first-order valence-electron chi connectivity index (χ1n) is 7.95. The molecule has 26 heavy (non-hydrogen) atoms. The van der Waals surface area contributed by atoms with E-state index in [1.54, 1.807) is 12.1 Å². The molecule has 1 aliphatic carbocycles. The van der Waals surface area contributed by atoms with Crippen molar-refractivity contribution >= 4 is 11.6 Å². The molecule has 0 radical (unpaired) electrons. The molecule has 0 aromatic heterocycles. The quantitative estimate of drug-likeness (QED) is 0.473. The molecule has 3 N–H and O–H groups in total. The van der Waals surface area contributed by atoms with Gasteiger partial charge in [-0.3, -0.25) is 4.99 Å². The molecular formula is C18H17F4N3O. The van der Waals surface area contributed by atoms with Crippen LogP contribution in [0.5, 0.6) is 5.75 Å². The predicted octanol–water partition coefficient (Wildman–Crippen LogP) is 4.18. The minimum atomic E-state index is -4.81. The Balaban J connectivity index is 1.70. The Kier molecular flexibility index (Phi) is 4.76. The summed E-state index contributed by atoms with van der Waals surface area (Å²) in [6, 6.07) is 11.9. The van der Waals surface area contributed by atoms with Gasteiger partial charge in [0.05, 0.1) is 12.2 Å². The van der Waals surface area contributed by atoms with Crippen molar-refractivity contribution in [1.82, 2.24) is 0 Å². The highest BCUT2D eigenvalue weighted by atomic mass is 19.4. The third kappa shape index (κ3) is 4.44. The van der Waals surface area contributed by atoms with Crippen molar-refractivity contribution in [3.05, 3.63) is 59.9 Å². The number of nitrogens with one attached hydrogen (secondary N) is 1. The zero-order chi connectivity index (χ0) is 18.8. The Labute approximate surface area is 147 Å². The van der Waals surface area contributed by atoms with Gasteiger partial charge >= 0.3 is 6.36 Å². The smallest absolute Gasteiger partial charge is 0.404 e. The maximum atomic E-state index is 13.4. The SMILES string of the molecule is NC(=NCC1(c2cccc(F)c2)CC1)Nc1ccccc1OC(F)(F)F. The number of alkyl halides is 3. The fourth-order valence-electron chi connectivity index (χ4n) is 2.70. The highest BCUT2D eigenvalue weighted by molar-refractivity contribution is 5.93. The van der Waals surface area contributed by atoms with Crippen LogP contribution in [-0.4, -0.2) is 18.9 Å². The lowest BCUT2D eigenvalue weighted by molar-refractivity contribution is -0.274. The number of nitrogens with zero attached hydrogens (tertiary/aromatic N) is 1. The van der Waals surface area contributed by atoms with Gasteiger partial charge in [-0.15, -0.1) is 13.2 Å². The number of para-hydroxylation sites is 2. The molecule has 138 valence electrons. The number of halogens is 4. The van der Waals surface area contributed by atoms with Crippen LogP contribution in [0.15, 0.2) is 53.5 Å². The van der Waals surface area contributed by atoms with Crippen LogP contribution < -0.4 is 15.8 Å². The van der Waals surface area contributed by atoms with Gasteiger partial charge in [-0.1, -0.05) is 24.3 Å². The van der Waals surface area contributed by atoms with Crippen LogP contribution in [0.2, 0.25) is 0 Å². The average Bonchev–Trinajstić information content (AvgIpc) is 3.35. The van der Waals surface area contributed by atoms with Gasteiger partial charge in [0.25, 0.3) is 0 Å². The summed E-state index contributed by atoms with van der Waals surface area (Å²) in [6.07, 6.45) is -3.11. The Bertz CT molecular complexity index is 816. The van der Waals surface area contributed by atoms with Crippen molar-refractivity contribution in [3.8, 4) is 5.75 Å². The first kappa shape index (κ1) is 18.0. The second-order valence-corrected chi connectivity index (χ2v) is 6.16. The van der Waals surface area contributed by atoms with E-state index >= 15 is 0 Å². The van der Waals surface area contributed by atoms with Gasteiger partial charge < -0.3 is 15.8 Å². The number of guanidine groups is 1. The number of aliphatic imine (C=N–C) groups is 1. The fourth-order valence-corrected chi connectivity index (χ4v) is 2.70. The molecule has 8 heteroatoms. The van der Waals surface area contributed by atoms with E-state index in [9.17, 15) is 17.6 Å². The number of ether oxygens (including phenoxy) is 1. The molecular weight excluding hydrogens is 350 g/mol. The largest absolute Gasteiger partial charge is 0.573 e. The summed E-state index contributed by atoms with van der Waals surface area (Å²) in [7, 11) is 0. The fraction of sp³-hybridized carbons (Fsp3) is 0.278. The van der Waals surface area contributed by atoms with E-state index in [0.717, 1.165) is 18.4 Å². The molecule has 4 nitrogen and oxygen atoms in total. The topological polar surface area (TPSA) is 59.6 Å². The molecule has 2 aromatic rings. The van der Waals surface area contributed by atoms with Crippen molar-refractivity contribution in [2.75, 3.05) is 11.9 Å². The van der Waals surface area contributed by atoms with Gasteiger partial charge in [-0.05, 0) is 42.7 Å². The van der Waals surface area contributed by atoms with Crippen molar-refractivity contribution < 1.29 is 22.3 Å². The van der Waals surface area contributed by atoms with Crippen LogP contribution in [-0.2, 0) is 5.41 Å². The van der Waals surface area contributed by atoms with Gasteiger partial charge in [0, 0.05) is 5.41 Å². The maximum Gasteiger partial charge on any atom is 0.573 e. The molecule has 0 spiro atoms. The van der Waals surface area contributed by atoms with E-state index in [2.05, 4.69) is 15.0 Å². The number of hydrogen-bond donors (Lipinski definition) is 2. The Morgan fingerprint density at radius 2 is 1.88 bits per heavy atom. The summed E-state index contributed by atoms with van der Waals surface area (Å²) >= 11 is 0. The lowest BCUT2D eigenvalue weighted by Crippen LogP contribution is -2.26. The number of benzene rings is 2. The summed E-state index contributed by atoms with van der Waals surface area (Å²) in [4.78, 5) is 4.22. The Morgan fingerprint density at radius 1 is 1.15 bits per heavy atom. The second kappa shape index (κ2) is 6.86. The molecule has 0 aliphatic heterocycles. The monoisotopic (exact) mass is 367 g/mol. The summed E-state index contributed by atoms with van der Waals surface area (Å²) in [5.41, 5.74) is 6.44. The lowest BCUT2D eigenvalue weighted by Gasteiger charge is -2.16. The van der Waals surface area contributed by atoms with Crippen molar-refractivity contribution in [2.45, 2.75) is 24.6 Å². The minimum Gasteiger partial charge on any atom is -0.404 e. The molecule has 1 aliphatic rings. The molecule has 0 saturated heterocycles. The van der Waals surface area contributed by atoms with Crippen molar-refractivity contribution in [1.29, 1.82) is 0 Å². The number of rotatable bonds is 5. The molecule has 0 atom stereocenters. The van der Waals surface area contributed by atoms with Crippen LogP contribution >= 0.6 is 0 Å². The van der Waals surface area contributed by atoms with Gasteiger partial charge in [-0.25, -0.2) is 4.39 Å². The van der Waals surface area contributed by atoms with E-state index in [-0.39, 0.29) is 22.9 Å². The molecule has 0 bridgehead atoms. The van der Waals surface area contributed by atoms with E-state index in [1.807, 2.05) is 6.07 Å². The number of hydrogen-bond acceptors (Lipinski definition) is 2. The van der Waals surface area contributed by atoms with Gasteiger partial charge in [0.15, 0.2) is 11.7 Å². The van der Waals surface area contributed by atoms with Gasteiger partial charge in [0.2, 0.25) is 0 Å². The van der Waals surface area contributed by atoms with Crippen LogP contribution in [0.25, 0.3) is 0 Å². The average molecular weight is 367 g/mol. The highest BCUT2D eigenvalue weighted by Crippen LogP contribution is 2.48. The summed E-state index contributed by atoms with van der Waals surface area (Å²) in [5.74, 6) is -0.752. The summed E-state index contributed by atoms with van der Waals surface area (Å²) in [5, 5.41) is 2.62. The zero-order valence-electron chi connectivity index (χ0n) is 13.7. The first-order valence-corrected chi connectivity index (χ1v) is 7.95. The van der Waals surface area contributed by atoms with E-state index in [0.29, 0.717) is 6.54 Å². The Morgan fingerprint density at radius 3 is 2.54 bits per heavy atom. The van der Waals surface area contributed by atoms with E-state index in [4.69, 9.17) is 5.73 Å². The number of nitrogens with two attached hydrogens (primary N) is 1. The second-order valence-electron chi connectivity index (χ2n) is 6.16. The third-order valence-corrected chi connectivity index (χ3v) is 4.22. The molecule has 0 unspecified atom stereocenters. The first-order chi connectivity index (χ1) is 12.3. The van der Waals surface area contributed by atoms with Gasteiger partial charge in [0.1, 0.15) is 5.82 Å². The number of anilines is 1. The lowest BCUT2D eigenvalue weighted by atomic mass is 9.96. The molecule has 2 aromatic carbocycles. The zero-order valence-corrected chi connectivity index (χ0v) is 13.7. The molecule has 0 heterocycles. The predicted molar refractivity (Wildman–Crippen MR) is 90.5 cm³/mol. The molecule has 3 rings (SSSR count). The van der Waals surface area contributed by atoms with Gasteiger partial charge in [-0.2, -0.15) is 0 Å². The van der Waals surface area contributed by atoms with Crippen LogP contribution in [0, 0.1) is 5.82 Å². The summed E-state index contributed by atoms with van der Waals surface area (Å²) < 4.78 is 54.7. The van der Waals surface area contributed by atoms with Crippen molar-refractivity contribution in [3.63, 3.8) is 0 Å². The van der Waals surface area contributed by atoms with E-state index in [1.165, 1.54) is 30.3 Å². The van der Waals surface area contributed by atoms with E-state index < -0.39 is 12.1 Å². The molecule has 1 saturated carbocycles. The summed E-state index contributed by atoms with van der Waals surface area (Å²) in [6.45, 7) is 0.317. The van der Waals surface area contributed by atoms with Crippen LogP contribution in [0.1, 0.15) is 18.4 Å². The van der Waals surface area contributed by atoms with Crippen LogP contribution in [0.3, 0.4) is 0 Å². The third-order valence-electron chi connectivity index (χ3n) is 4.22. The molecule has 1 fully saturated rings. The molecule has 0 amide bonds.